The largest absolute Gasteiger partial charge is 0.496 e. The number of methoxy groups -OCH3 is 5. The molecule has 0 amide bonds. The highest BCUT2D eigenvalue weighted by Crippen LogP contribution is 2.51. The van der Waals surface area contributed by atoms with Crippen LogP contribution in [0.25, 0.3) is 0 Å². The van der Waals surface area contributed by atoms with Gasteiger partial charge in [0.25, 0.3) is 0 Å². The lowest BCUT2D eigenvalue weighted by Crippen LogP contribution is -2.22. The van der Waals surface area contributed by atoms with Gasteiger partial charge in [-0.05, 0) is 119 Å². The minimum Gasteiger partial charge on any atom is -0.496 e. The first kappa shape index (κ1) is 39.3. The van der Waals surface area contributed by atoms with Crippen molar-refractivity contribution in [2.24, 2.45) is 11.8 Å². The molecule has 2 N–H and O–H groups in total. The maximum atomic E-state index is 11.1. The van der Waals surface area contributed by atoms with Crippen LogP contribution in [-0.2, 0) is 4.74 Å². The fraction of sp³-hybridized carbons (Fsp3) is 0.415. The highest BCUT2D eigenvalue weighted by Gasteiger charge is 2.41. The van der Waals surface area contributed by atoms with E-state index >= 15 is 0 Å². The van der Waals surface area contributed by atoms with Gasteiger partial charge in [-0.1, -0.05) is 38.1 Å². The van der Waals surface area contributed by atoms with Gasteiger partial charge >= 0.3 is 0 Å². The molecule has 1 heterocycles. The van der Waals surface area contributed by atoms with Crippen molar-refractivity contribution < 1.29 is 48.1 Å². The molecule has 5 rings (SSSR count). The van der Waals surface area contributed by atoms with Crippen LogP contribution >= 0.6 is 22.6 Å². The summed E-state index contributed by atoms with van der Waals surface area (Å²) in [4.78, 5) is 0. The smallest absolute Gasteiger partial charge is 0.161 e. The fourth-order valence-electron chi connectivity index (χ4n) is 6.61. The van der Waals surface area contributed by atoms with Crippen molar-refractivity contribution in [2.45, 2.75) is 64.3 Å². The van der Waals surface area contributed by atoms with Crippen LogP contribution in [0.4, 0.5) is 0 Å². The van der Waals surface area contributed by atoms with Crippen molar-refractivity contribution in [1.82, 2.24) is 0 Å². The monoisotopic (exact) mass is 828 g/mol. The molecule has 8 atom stereocenters. The maximum Gasteiger partial charge on any atom is 0.161 e. The molecular weight excluding hydrogens is 779 g/mol. The van der Waals surface area contributed by atoms with Gasteiger partial charge in [-0.3, -0.25) is 0 Å². The molecule has 0 aromatic heterocycles. The Morgan fingerprint density at radius 2 is 0.904 bits per heavy atom. The molecule has 1 aliphatic rings. The molecule has 0 radical (unpaired) electrons. The summed E-state index contributed by atoms with van der Waals surface area (Å²) in [6, 6.07) is 22.4. The molecule has 4 aromatic rings. The second-order valence-electron chi connectivity index (χ2n) is 13.1. The number of aliphatic hydroxyl groups excluding tert-OH is 2. The van der Waals surface area contributed by atoms with E-state index in [1.807, 2.05) is 61.5 Å². The van der Waals surface area contributed by atoms with Crippen molar-refractivity contribution >= 4 is 22.6 Å². The summed E-state index contributed by atoms with van der Waals surface area (Å²) in [6.45, 7) is 8.01. The fourth-order valence-corrected chi connectivity index (χ4v) is 7.37. The molecular formula is C41H49IO10. The lowest BCUT2D eigenvalue weighted by Gasteiger charge is -2.24. The van der Waals surface area contributed by atoms with E-state index in [-0.39, 0.29) is 24.0 Å². The number of halogens is 1. The minimum atomic E-state index is -0.927. The first-order valence-corrected chi connectivity index (χ1v) is 18.3. The van der Waals surface area contributed by atoms with E-state index < -0.39 is 24.4 Å². The summed E-state index contributed by atoms with van der Waals surface area (Å²) in [6.07, 6.45) is -3.34. The van der Waals surface area contributed by atoms with E-state index in [2.05, 4.69) is 36.4 Å². The molecule has 1 saturated heterocycles. The van der Waals surface area contributed by atoms with E-state index in [0.717, 1.165) is 26.0 Å². The van der Waals surface area contributed by atoms with E-state index in [0.29, 0.717) is 40.1 Å². The van der Waals surface area contributed by atoms with Gasteiger partial charge in [0.2, 0.25) is 0 Å². The van der Waals surface area contributed by atoms with Gasteiger partial charge in [-0.15, -0.1) is 0 Å². The topological polar surface area (TPSA) is 114 Å². The van der Waals surface area contributed by atoms with E-state index in [1.54, 1.807) is 60.7 Å². The number of rotatable bonds is 15. The van der Waals surface area contributed by atoms with Crippen molar-refractivity contribution in [2.75, 3.05) is 35.5 Å². The van der Waals surface area contributed by atoms with Crippen LogP contribution < -0.4 is 33.2 Å². The van der Waals surface area contributed by atoms with E-state index in [9.17, 15) is 10.2 Å². The van der Waals surface area contributed by atoms with Gasteiger partial charge < -0.3 is 48.1 Å². The molecule has 4 aromatic carbocycles. The van der Waals surface area contributed by atoms with Crippen LogP contribution in [0.1, 0.15) is 74.4 Å². The van der Waals surface area contributed by atoms with Gasteiger partial charge in [-0.2, -0.15) is 0 Å². The summed E-state index contributed by atoms with van der Waals surface area (Å²) < 4.78 is 47.7. The van der Waals surface area contributed by atoms with Crippen molar-refractivity contribution in [3.63, 3.8) is 0 Å². The van der Waals surface area contributed by atoms with Crippen molar-refractivity contribution in [1.29, 1.82) is 0 Å². The first-order valence-electron chi connectivity index (χ1n) is 17.2. The Morgan fingerprint density at radius 1 is 0.519 bits per heavy atom. The molecule has 0 spiro atoms. The second kappa shape index (κ2) is 17.3. The van der Waals surface area contributed by atoms with Gasteiger partial charge in [0, 0.05) is 0 Å². The molecule has 1 fully saturated rings. The second-order valence-corrected chi connectivity index (χ2v) is 14.2. The zero-order chi connectivity index (χ0) is 37.7. The Hall–Kier alpha value is -3.91. The number of hydrogen-bond donors (Lipinski definition) is 2. The van der Waals surface area contributed by atoms with Crippen molar-refractivity contribution in [3.8, 4) is 40.2 Å². The predicted octanol–water partition coefficient (Wildman–Crippen LogP) is 8.42. The Balaban J connectivity index is 1.29. The first-order chi connectivity index (χ1) is 24.9. The third-order valence-corrected chi connectivity index (χ3v) is 10.7. The van der Waals surface area contributed by atoms with E-state index in [4.69, 9.17) is 37.9 Å². The third kappa shape index (κ3) is 8.33. The van der Waals surface area contributed by atoms with Gasteiger partial charge in [0.1, 0.15) is 30.2 Å². The lowest BCUT2D eigenvalue weighted by atomic mass is 9.85. The molecule has 52 heavy (non-hydrogen) atoms. The SMILES string of the molecule is COc1ccc([C@@H](O)[C@@H](C)Oc2ccc([C@H]3O[C@H](c4ccc(O[C@H](C)[C@H](O)c5ccc(OC)c(OC)c5)c(OC)c4)[C@H](C)[C@H]3C)cc2OC)cc1I. The number of hydrogen-bond acceptors (Lipinski definition) is 10. The predicted molar refractivity (Wildman–Crippen MR) is 206 cm³/mol. The Bertz CT molecular complexity index is 1810. The quantitative estimate of drug-likeness (QED) is 0.113. The van der Waals surface area contributed by atoms with Gasteiger partial charge in [0.05, 0.1) is 51.3 Å². The van der Waals surface area contributed by atoms with Crippen LogP contribution in [0.2, 0.25) is 0 Å². The number of benzene rings is 4. The van der Waals surface area contributed by atoms with Gasteiger partial charge in [-0.25, -0.2) is 0 Å². The zero-order valence-electron chi connectivity index (χ0n) is 31.1. The summed E-state index contributed by atoms with van der Waals surface area (Å²) in [7, 11) is 7.95. The molecule has 10 nitrogen and oxygen atoms in total. The van der Waals surface area contributed by atoms with Crippen LogP contribution in [0.3, 0.4) is 0 Å². The highest BCUT2D eigenvalue weighted by atomic mass is 127. The third-order valence-electron chi connectivity index (χ3n) is 9.89. The summed E-state index contributed by atoms with van der Waals surface area (Å²) in [5, 5.41) is 22.2. The average Bonchev–Trinajstić information content (AvgIpc) is 3.46. The normalized spacial score (nSPS) is 20.7. The van der Waals surface area contributed by atoms with E-state index in [1.165, 1.54) is 0 Å². The highest BCUT2D eigenvalue weighted by molar-refractivity contribution is 14.1. The average molecular weight is 829 g/mol. The molecule has 1 aliphatic heterocycles. The number of ether oxygens (including phenoxy) is 8. The minimum absolute atomic E-state index is 0.177. The summed E-state index contributed by atoms with van der Waals surface area (Å²) in [5.41, 5.74) is 3.30. The van der Waals surface area contributed by atoms with Crippen LogP contribution in [0.15, 0.2) is 72.8 Å². The van der Waals surface area contributed by atoms with Gasteiger partial charge in [0.15, 0.2) is 34.5 Å². The maximum absolute atomic E-state index is 11.1. The standard InChI is InChI=1S/C41H49IO10/c1-22-23(2)41(29-13-17-34(37(21-29)49-9)51-25(4)39(44)27-11-15-32(46-6)35(19-27)47-7)52-40(22)28-12-16-33(36(20-28)48-8)50-24(3)38(43)26-10-14-31(45-5)30(42)18-26/h10-25,38-41,43-44H,1-9H3/t22-,23-,24-,25-,38+,39+,40+,41+/m1/s1. The van der Waals surface area contributed by atoms with Crippen molar-refractivity contribution in [3.05, 3.63) is 98.6 Å². The van der Waals surface area contributed by atoms with Crippen LogP contribution in [-0.4, -0.2) is 58.0 Å². The molecule has 0 unspecified atom stereocenters. The molecule has 11 heteroatoms. The summed E-state index contributed by atoms with van der Waals surface area (Å²) in [5.74, 6) is 4.35. The Morgan fingerprint density at radius 3 is 1.33 bits per heavy atom. The van der Waals surface area contributed by atoms with Crippen LogP contribution in [0, 0.1) is 15.4 Å². The Labute approximate surface area is 320 Å². The summed E-state index contributed by atoms with van der Waals surface area (Å²) >= 11 is 2.19. The lowest BCUT2D eigenvalue weighted by molar-refractivity contribution is 0.0281. The molecule has 0 saturated carbocycles. The number of aliphatic hydroxyl groups is 2. The Kier molecular flexibility index (Phi) is 13.1. The van der Waals surface area contributed by atoms with Crippen LogP contribution in [0.5, 0.6) is 40.2 Å². The zero-order valence-corrected chi connectivity index (χ0v) is 33.2. The molecule has 0 bridgehead atoms. The molecule has 0 aliphatic carbocycles. The molecule has 280 valence electrons.